The molecular formula is C23H24N2O4S. The summed E-state index contributed by atoms with van der Waals surface area (Å²) in [6.07, 6.45) is 0.687. The summed E-state index contributed by atoms with van der Waals surface area (Å²) in [5.41, 5.74) is 1.60. The van der Waals surface area contributed by atoms with Crippen molar-refractivity contribution >= 4 is 21.6 Å². The van der Waals surface area contributed by atoms with Crippen molar-refractivity contribution in [2.24, 2.45) is 0 Å². The number of carbonyl (C=O) groups excluding carboxylic acids is 1. The standard InChI is InChI=1S/C23H24N2O4S/c1-2-29-19-12-14-20(15-13-19)30(27,28)25-22-11-7-6-10-21(22)23(26)24-17-16-18-8-4-3-5-9-18/h3-15,25H,2,16-17H2,1H3,(H,24,26). The third kappa shape index (κ3) is 5.61. The van der Waals surface area contributed by atoms with Crippen molar-refractivity contribution in [2.75, 3.05) is 17.9 Å². The van der Waals surface area contributed by atoms with Crippen LogP contribution in [0.3, 0.4) is 0 Å². The maximum atomic E-state index is 12.8. The van der Waals surface area contributed by atoms with Crippen LogP contribution in [0, 0.1) is 0 Å². The van der Waals surface area contributed by atoms with Crippen LogP contribution >= 0.6 is 0 Å². The molecule has 0 saturated heterocycles. The Balaban J connectivity index is 1.70. The molecule has 3 rings (SSSR count). The lowest BCUT2D eigenvalue weighted by atomic mass is 10.1. The van der Waals surface area contributed by atoms with E-state index in [0.29, 0.717) is 25.3 Å². The van der Waals surface area contributed by atoms with Crippen LogP contribution in [0.2, 0.25) is 0 Å². The minimum absolute atomic E-state index is 0.0882. The third-order valence-electron chi connectivity index (χ3n) is 4.40. The van der Waals surface area contributed by atoms with E-state index in [1.807, 2.05) is 37.3 Å². The Morgan fingerprint density at radius 3 is 2.27 bits per heavy atom. The smallest absolute Gasteiger partial charge is 0.261 e. The van der Waals surface area contributed by atoms with Crippen molar-refractivity contribution in [1.82, 2.24) is 5.32 Å². The molecule has 0 saturated carbocycles. The van der Waals surface area contributed by atoms with Crippen LogP contribution in [0.4, 0.5) is 5.69 Å². The van der Waals surface area contributed by atoms with Gasteiger partial charge in [-0.2, -0.15) is 0 Å². The predicted octanol–water partition coefficient (Wildman–Crippen LogP) is 3.86. The summed E-state index contributed by atoms with van der Waals surface area (Å²) in [4.78, 5) is 12.7. The second-order valence-electron chi connectivity index (χ2n) is 6.55. The van der Waals surface area contributed by atoms with Gasteiger partial charge < -0.3 is 10.1 Å². The quantitative estimate of drug-likeness (QED) is 0.546. The van der Waals surface area contributed by atoms with Gasteiger partial charge in [0.25, 0.3) is 15.9 Å². The Morgan fingerprint density at radius 2 is 1.57 bits per heavy atom. The highest BCUT2D eigenvalue weighted by atomic mass is 32.2. The summed E-state index contributed by atoms with van der Waals surface area (Å²) >= 11 is 0. The van der Waals surface area contributed by atoms with E-state index in [1.54, 1.807) is 36.4 Å². The van der Waals surface area contributed by atoms with Crippen molar-refractivity contribution in [1.29, 1.82) is 0 Å². The van der Waals surface area contributed by atoms with E-state index in [2.05, 4.69) is 10.0 Å². The number of carbonyl (C=O) groups is 1. The molecule has 0 aliphatic rings. The fourth-order valence-corrected chi connectivity index (χ4v) is 4.00. The largest absolute Gasteiger partial charge is 0.494 e. The fraction of sp³-hybridized carbons (Fsp3) is 0.174. The van der Waals surface area contributed by atoms with Crippen molar-refractivity contribution in [2.45, 2.75) is 18.2 Å². The topological polar surface area (TPSA) is 84.5 Å². The minimum atomic E-state index is -3.85. The van der Waals surface area contributed by atoms with Gasteiger partial charge in [-0.05, 0) is 55.3 Å². The molecule has 2 N–H and O–H groups in total. The summed E-state index contributed by atoms with van der Waals surface area (Å²) in [5.74, 6) is 0.255. The highest BCUT2D eigenvalue weighted by molar-refractivity contribution is 7.92. The molecule has 30 heavy (non-hydrogen) atoms. The molecule has 0 unspecified atom stereocenters. The van der Waals surface area contributed by atoms with Crippen LogP contribution < -0.4 is 14.8 Å². The normalized spacial score (nSPS) is 11.0. The number of para-hydroxylation sites is 1. The molecule has 7 heteroatoms. The molecule has 3 aromatic carbocycles. The zero-order valence-electron chi connectivity index (χ0n) is 16.7. The van der Waals surface area contributed by atoms with E-state index in [-0.39, 0.29) is 22.1 Å². The SMILES string of the molecule is CCOc1ccc(S(=O)(=O)Nc2ccccc2C(=O)NCCc2ccccc2)cc1. The maximum Gasteiger partial charge on any atom is 0.261 e. The fourth-order valence-electron chi connectivity index (χ4n) is 2.92. The summed E-state index contributed by atoms with van der Waals surface area (Å²) in [6.45, 7) is 2.80. The lowest BCUT2D eigenvalue weighted by Crippen LogP contribution is -2.27. The zero-order chi connectivity index (χ0) is 21.4. The zero-order valence-corrected chi connectivity index (χ0v) is 17.5. The molecule has 0 heterocycles. The average Bonchev–Trinajstić information content (AvgIpc) is 2.75. The maximum absolute atomic E-state index is 12.8. The number of nitrogens with one attached hydrogen (secondary N) is 2. The minimum Gasteiger partial charge on any atom is -0.494 e. The third-order valence-corrected chi connectivity index (χ3v) is 5.78. The molecule has 0 aliphatic heterocycles. The van der Waals surface area contributed by atoms with Crippen LogP contribution in [-0.2, 0) is 16.4 Å². The van der Waals surface area contributed by atoms with Crippen LogP contribution in [0.15, 0.2) is 83.8 Å². The lowest BCUT2D eigenvalue weighted by Gasteiger charge is -2.13. The van der Waals surface area contributed by atoms with Crippen molar-refractivity contribution in [3.05, 3.63) is 90.0 Å². The van der Waals surface area contributed by atoms with Gasteiger partial charge in [-0.3, -0.25) is 9.52 Å². The van der Waals surface area contributed by atoms with Gasteiger partial charge in [0.15, 0.2) is 0 Å². The number of amides is 1. The average molecular weight is 425 g/mol. The van der Waals surface area contributed by atoms with Crippen molar-refractivity contribution in [3.8, 4) is 5.75 Å². The first-order valence-corrected chi connectivity index (χ1v) is 11.1. The number of hydrogen-bond donors (Lipinski definition) is 2. The predicted molar refractivity (Wildman–Crippen MR) is 117 cm³/mol. The molecule has 0 radical (unpaired) electrons. The van der Waals surface area contributed by atoms with Gasteiger partial charge in [-0.25, -0.2) is 8.42 Å². The monoisotopic (exact) mass is 424 g/mol. The van der Waals surface area contributed by atoms with Crippen LogP contribution in [0.5, 0.6) is 5.75 Å². The summed E-state index contributed by atoms with van der Waals surface area (Å²) < 4.78 is 33.4. The molecule has 0 aliphatic carbocycles. The summed E-state index contributed by atoms with van der Waals surface area (Å²) in [5, 5.41) is 2.84. The molecule has 1 amide bonds. The molecule has 0 atom stereocenters. The van der Waals surface area contributed by atoms with Gasteiger partial charge in [0.2, 0.25) is 0 Å². The van der Waals surface area contributed by atoms with E-state index in [0.717, 1.165) is 5.56 Å². The summed E-state index contributed by atoms with van der Waals surface area (Å²) in [7, 11) is -3.85. The molecule has 156 valence electrons. The molecule has 0 bridgehead atoms. The first kappa shape index (κ1) is 21.4. The van der Waals surface area contributed by atoms with Crippen molar-refractivity contribution < 1.29 is 17.9 Å². The molecular weight excluding hydrogens is 400 g/mol. The Hall–Kier alpha value is -3.32. The van der Waals surface area contributed by atoms with Gasteiger partial charge >= 0.3 is 0 Å². The highest BCUT2D eigenvalue weighted by Crippen LogP contribution is 2.22. The molecule has 3 aromatic rings. The van der Waals surface area contributed by atoms with Crippen LogP contribution in [0.25, 0.3) is 0 Å². The Bertz CT molecular complexity index is 1080. The van der Waals surface area contributed by atoms with E-state index >= 15 is 0 Å². The van der Waals surface area contributed by atoms with E-state index < -0.39 is 10.0 Å². The number of hydrogen-bond acceptors (Lipinski definition) is 4. The van der Waals surface area contributed by atoms with E-state index in [9.17, 15) is 13.2 Å². The lowest BCUT2D eigenvalue weighted by molar-refractivity contribution is 0.0955. The van der Waals surface area contributed by atoms with Gasteiger partial charge in [-0.1, -0.05) is 42.5 Å². The second-order valence-corrected chi connectivity index (χ2v) is 8.23. The number of ether oxygens (including phenoxy) is 1. The highest BCUT2D eigenvalue weighted by Gasteiger charge is 2.18. The first-order valence-electron chi connectivity index (χ1n) is 9.66. The molecule has 0 spiro atoms. The van der Waals surface area contributed by atoms with Crippen molar-refractivity contribution in [3.63, 3.8) is 0 Å². The van der Waals surface area contributed by atoms with Gasteiger partial charge in [0.05, 0.1) is 22.8 Å². The van der Waals surface area contributed by atoms with Crippen LogP contribution in [-0.4, -0.2) is 27.5 Å². The summed E-state index contributed by atoms with van der Waals surface area (Å²) in [6, 6.07) is 22.5. The first-order chi connectivity index (χ1) is 14.5. The van der Waals surface area contributed by atoms with Gasteiger partial charge in [0, 0.05) is 6.54 Å². The molecule has 0 aromatic heterocycles. The number of anilines is 1. The van der Waals surface area contributed by atoms with Gasteiger partial charge in [-0.15, -0.1) is 0 Å². The molecule has 6 nitrogen and oxygen atoms in total. The number of rotatable bonds is 9. The number of sulfonamides is 1. The molecule has 0 fully saturated rings. The van der Waals surface area contributed by atoms with E-state index in [1.165, 1.54) is 12.1 Å². The van der Waals surface area contributed by atoms with Crippen LogP contribution in [0.1, 0.15) is 22.8 Å². The Morgan fingerprint density at radius 1 is 0.900 bits per heavy atom. The number of benzene rings is 3. The Kier molecular flexibility index (Phi) is 7.08. The van der Waals surface area contributed by atoms with E-state index in [4.69, 9.17) is 4.74 Å². The second kappa shape index (κ2) is 9.93. The van der Waals surface area contributed by atoms with Gasteiger partial charge in [0.1, 0.15) is 5.75 Å². The Labute approximate surface area is 177 Å².